The van der Waals surface area contributed by atoms with Gasteiger partial charge in [0.05, 0.1) is 5.58 Å². The Morgan fingerprint density at radius 3 is 2.09 bits per heavy atom. The standard InChI is InChI=1S/C28H22NO.C13H12N.Ir/c1-19(2)22-13-14-29-26(16-22)23-15-24(20-9-5-3-6-10-20)25-18-27(30-28(25)17-23)21-11-7-4-8-12-21;1-10-3-6-12(7-4-10)13-8-5-11(2)9-14-13;/h3-16,18-19H,1-2H3;3-6,8-9H,1-2H3;/q2*-1;/i;1D3,2D3;. The van der Waals surface area contributed by atoms with Crippen molar-refractivity contribution in [1.82, 2.24) is 9.97 Å². The molecular formula is C41H34IrN2O-2. The second-order valence-electron chi connectivity index (χ2n) is 10.7. The van der Waals surface area contributed by atoms with Crippen LogP contribution in [0.15, 0.2) is 132 Å². The number of benzene rings is 4. The van der Waals surface area contributed by atoms with Crippen LogP contribution in [0.25, 0.3) is 55.9 Å². The predicted molar refractivity (Wildman–Crippen MR) is 181 cm³/mol. The van der Waals surface area contributed by atoms with Crippen molar-refractivity contribution in [3.05, 3.63) is 156 Å². The summed E-state index contributed by atoms with van der Waals surface area (Å²) in [5, 5.41) is 1.06. The van der Waals surface area contributed by atoms with E-state index in [0.29, 0.717) is 17.2 Å². The van der Waals surface area contributed by atoms with Crippen LogP contribution in [-0.2, 0) is 20.1 Å². The molecule has 0 bridgehead atoms. The number of aryl methyl sites for hydroxylation is 2. The molecule has 0 N–H and O–H groups in total. The molecule has 0 saturated heterocycles. The Bertz CT molecular complexity index is 2140. The van der Waals surface area contributed by atoms with Crippen molar-refractivity contribution in [3.8, 4) is 45.0 Å². The minimum atomic E-state index is -2.18. The van der Waals surface area contributed by atoms with Gasteiger partial charge in [0, 0.05) is 46.3 Å². The zero-order chi connectivity index (χ0) is 35.5. The Morgan fingerprint density at radius 1 is 0.711 bits per heavy atom. The summed E-state index contributed by atoms with van der Waals surface area (Å²) >= 11 is 0. The number of fused-ring (bicyclic) bond motifs is 1. The minimum Gasteiger partial charge on any atom is -0.477 e. The van der Waals surface area contributed by atoms with E-state index >= 15 is 0 Å². The van der Waals surface area contributed by atoms with Crippen molar-refractivity contribution in [2.45, 2.75) is 33.5 Å². The average molecular weight is 769 g/mol. The molecule has 3 nitrogen and oxygen atoms in total. The third-order valence-electron chi connectivity index (χ3n) is 7.28. The number of furan rings is 1. The topological polar surface area (TPSA) is 38.9 Å². The fourth-order valence-electron chi connectivity index (χ4n) is 4.89. The van der Waals surface area contributed by atoms with Crippen molar-refractivity contribution >= 4 is 11.0 Å². The fraction of sp³-hybridized carbons (Fsp3) is 0.122. The van der Waals surface area contributed by atoms with Gasteiger partial charge < -0.3 is 14.4 Å². The third-order valence-corrected chi connectivity index (χ3v) is 7.28. The fourth-order valence-corrected chi connectivity index (χ4v) is 4.89. The van der Waals surface area contributed by atoms with Crippen LogP contribution in [0.5, 0.6) is 0 Å². The van der Waals surface area contributed by atoms with E-state index in [1.165, 1.54) is 30.0 Å². The first-order valence-electron chi connectivity index (χ1n) is 17.4. The molecule has 0 aliphatic heterocycles. The van der Waals surface area contributed by atoms with E-state index in [1.54, 1.807) is 12.1 Å². The summed E-state index contributed by atoms with van der Waals surface area (Å²) in [4.78, 5) is 8.70. The largest absolute Gasteiger partial charge is 0.477 e. The van der Waals surface area contributed by atoms with Crippen molar-refractivity contribution in [3.63, 3.8) is 0 Å². The first kappa shape index (κ1) is 24.7. The van der Waals surface area contributed by atoms with Gasteiger partial charge in [-0.3, -0.25) is 0 Å². The molecule has 4 aromatic carbocycles. The predicted octanol–water partition coefficient (Wildman–Crippen LogP) is 10.9. The van der Waals surface area contributed by atoms with Gasteiger partial charge in [-0.1, -0.05) is 122 Å². The van der Waals surface area contributed by atoms with Crippen LogP contribution in [0, 0.1) is 25.8 Å². The van der Waals surface area contributed by atoms with E-state index in [0.717, 1.165) is 44.7 Å². The quantitative estimate of drug-likeness (QED) is 0.164. The summed E-state index contributed by atoms with van der Waals surface area (Å²) in [5.41, 5.74) is 8.76. The Balaban J connectivity index is 0.000000211. The van der Waals surface area contributed by atoms with Crippen LogP contribution in [0.3, 0.4) is 0 Å². The molecule has 0 amide bonds. The first-order chi connectivity index (χ1) is 23.9. The number of hydrogen-bond acceptors (Lipinski definition) is 3. The maximum absolute atomic E-state index is 7.28. The molecule has 225 valence electrons. The number of pyridine rings is 2. The molecule has 0 saturated carbocycles. The maximum Gasteiger partial charge on any atom is 0.123 e. The number of nitrogens with zero attached hydrogens (tertiary/aromatic N) is 2. The molecular weight excluding hydrogens is 729 g/mol. The number of hydrogen-bond donors (Lipinski definition) is 0. The molecule has 0 aliphatic carbocycles. The summed E-state index contributed by atoms with van der Waals surface area (Å²) in [7, 11) is 0. The van der Waals surface area contributed by atoms with Crippen molar-refractivity contribution in [1.29, 1.82) is 0 Å². The Hall–Kier alpha value is -4.63. The molecule has 4 heteroatoms. The van der Waals surface area contributed by atoms with E-state index in [-0.39, 0.29) is 31.2 Å². The van der Waals surface area contributed by atoms with Crippen LogP contribution >= 0.6 is 0 Å². The summed E-state index contributed by atoms with van der Waals surface area (Å²) < 4.78 is 49.9. The van der Waals surface area contributed by atoms with Gasteiger partial charge in [0.15, 0.2) is 0 Å². The second kappa shape index (κ2) is 14.4. The second-order valence-corrected chi connectivity index (χ2v) is 10.7. The monoisotopic (exact) mass is 769 g/mol. The minimum absolute atomic E-state index is 0. The number of rotatable bonds is 5. The number of aromatic nitrogens is 2. The van der Waals surface area contributed by atoms with E-state index in [2.05, 4.69) is 96.6 Å². The van der Waals surface area contributed by atoms with Crippen molar-refractivity contribution in [2.75, 3.05) is 0 Å². The summed E-state index contributed by atoms with van der Waals surface area (Å²) in [6, 6.07) is 43.1. The van der Waals surface area contributed by atoms with Gasteiger partial charge in [0.1, 0.15) is 5.76 Å². The molecule has 0 fully saturated rings. The molecule has 3 heterocycles. The van der Waals surface area contributed by atoms with Crippen LogP contribution in [0.1, 0.15) is 44.7 Å². The maximum atomic E-state index is 7.28. The van der Waals surface area contributed by atoms with Crippen LogP contribution < -0.4 is 0 Å². The zero-order valence-electron chi connectivity index (χ0n) is 30.8. The first-order valence-corrected chi connectivity index (χ1v) is 14.4. The molecule has 0 spiro atoms. The molecule has 1 radical (unpaired) electrons. The van der Waals surface area contributed by atoms with Gasteiger partial charge >= 0.3 is 0 Å². The summed E-state index contributed by atoms with van der Waals surface area (Å²) in [6.07, 6.45) is 3.18. The zero-order valence-corrected chi connectivity index (χ0v) is 27.2. The Labute approximate surface area is 287 Å². The van der Waals surface area contributed by atoms with Gasteiger partial charge in [-0.15, -0.1) is 47.0 Å². The molecule has 7 aromatic rings. The molecule has 0 unspecified atom stereocenters. The van der Waals surface area contributed by atoms with Crippen LogP contribution in [0.4, 0.5) is 0 Å². The van der Waals surface area contributed by atoms with Gasteiger partial charge in [0.25, 0.3) is 0 Å². The van der Waals surface area contributed by atoms with E-state index in [4.69, 9.17) is 12.6 Å². The SMILES string of the molecule is CC(C)c1ccnc(-c2[c-]c3oc(-c4ccccc4)cc3c(-c3ccccc3)c2)c1.[2H]C([2H])([2H])c1c[c-]c(-c2ccc(C([2H])([2H])[2H])cn2)cc1.[Ir]. The van der Waals surface area contributed by atoms with Crippen LogP contribution in [0.2, 0.25) is 0 Å². The molecule has 45 heavy (non-hydrogen) atoms. The van der Waals surface area contributed by atoms with Crippen molar-refractivity contribution < 1.29 is 32.7 Å². The van der Waals surface area contributed by atoms with Crippen molar-refractivity contribution in [2.24, 2.45) is 0 Å². The Morgan fingerprint density at radius 2 is 1.44 bits per heavy atom. The van der Waals surface area contributed by atoms with Gasteiger partial charge in [-0.05, 0) is 47.4 Å². The van der Waals surface area contributed by atoms with Crippen LogP contribution in [-0.4, -0.2) is 9.97 Å². The van der Waals surface area contributed by atoms with E-state index in [1.807, 2.05) is 30.5 Å². The average Bonchev–Trinajstić information content (AvgIpc) is 3.56. The third kappa shape index (κ3) is 7.54. The van der Waals surface area contributed by atoms with Gasteiger partial charge in [-0.2, -0.15) is 0 Å². The normalized spacial score (nSPS) is 13.2. The summed E-state index contributed by atoms with van der Waals surface area (Å²) in [6.45, 7) is 0.0497. The van der Waals surface area contributed by atoms with Gasteiger partial charge in [0.2, 0.25) is 0 Å². The van der Waals surface area contributed by atoms with E-state index < -0.39 is 13.7 Å². The van der Waals surface area contributed by atoms with E-state index in [9.17, 15) is 0 Å². The van der Waals surface area contributed by atoms with Gasteiger partial charge in [-0.25, -0.2) is 0 Å². The smallest absolute Gasteiger partial charge is 0.123 e. The molecule has 0 aliphatic rings. The molecule has 7 rings (SSSR count). The molecule has 3 aromatic heterocycles. The molecule has 0 atom stereocenters. The Kier molecular flexibility index (Phi) is 7.91. The summed E-state index contributed by atoms with van der Waals surface area (Å²) in [5.74, 6) is 1.29.